The number of methoxy groups -OCH3 is 1. The maximum atomic E-state index is 12.8. The second-order valence-corrected chi connectivity index (χ2v) is 4.99. The molecule has 2 rings (SSSR count). The van der Waals surface area contributed by atoms with Crippen molar-refractivity contribution in [1.29, 1.82) is 0 Å². The van der Waals surface area contributed by atoms with E-state index in [1.807, 2.05) is 6.92 Å². The molecule has 0 aliphatic heterocycles. The number of benzene rings is 1. The Kier molecular flexibility index (Phi) is 5.73. The fraction of sp³-hybridized carbons (Fsp3) is 0.375. The van der Waals surface area contributed by atoms with Crippen LogP contribution in [0.4, 0.5) is 8.78 Å². The highest BCUT2D eigenvalue weighted by atomic mass is 19.3. The summed E-state index contributed by atoms with van der Waals surface area (Å²) in [5.41, 5.74) is 0.372. The van der Waals surface area contributed by atoms with Crippen LogP contribution >= 0.6 is 0 Å². The van der Waals surface area contributed by atoms with E-state index in [1.165, 1.54) is 31.5 Å². The summed E-state index contributed by atoms with van der Waals surface area (Å²) in [6.45, 7) is -0.483. The van der Waals surface area contributed by atoms with Gasteiger partial charge in [-0.15, -0.1) is 0 Å². The van der Waals surface area contributed by atoms with Crippen molar-refractivity contribution in [2.24, 2.45) is 0 Å². The lowest BCUT2D eigenvalue weighted by Gasteiger charge is -2.18. The lowest BCUT2D eigenvalue weighted by atomic mass is 10.1. The minimum absolute atomic E-state index is 0.0355. The Labute approximate surface area is 138 Å². The van der Waals surface area contributed by atoms with Crippen molar-refractivity contribution in [3.63, 3.8) is 0 Å². The SMILES string of the molecule is CCOc1cc(C(=O)N(C)Cc2nccn2C(F)F)ccc1OC. The zero-order chi connectivity index (χ0) is 17.7. The number of rotatable bonds is 7. The van der Waals surface area contributed by atoms with Crippen LogP contribution < -0.4 is 9.47 Å². The molecule has 0 N–H and O–H groups in total. The van der Waals surface area contributed by atoms with Gasteiger partial charge in [0, 0.05) is 25.0 Å². The number of nitrogens with zero attached hydrogens (tertiary/aromatic N) is 3. The molecule has 1 amide bonds. The molecule has 130 valence electrons. The first-order valence-corrected chi connectivity index (χ1v) is 7.34. The van der Waals surface area contributed by atoms with Crippen LogP contribution in [0.2, 0.25) is 0 Å². The quantitative estimate of drug-likeness (QED) is 0.778. The summed E-state index contributed by atoms with van der Waals surface area (Å²) in [4.78, 5) is 17.7. The molecule has 6 nitrogen and oxygen atoms in total. The molecule has 0 saturated carbocycles. The van der Waals surface area contributed by atoms with Crippen LogP contribution in [0.25, 0.3) is 0 Å². The molecule has 0 atom stereocenters. The number of alkyl halides is 2. The lowest BCUT2D eigenvalue weighted by molar-refractivity contribution is 0.0612. The van der Waals surface area contributed by atoms with E-state index >= 15 is 0 Å². The van der Waals surface area contributed by atoms with Gasteiger partial charge in [0.05, 0.1) is 20.3 Å². The molecular formula is C16H19F2N3O3. The molecule has 0 bridgehead atoms. The lowest BCUT2D eigenvalue weighted by Crippen LogP contribution is -2.28. The minimum Gasteiger partial charge on any atom is -0.493 e. The Balaban J connectivity index is 2.18. The summed E-state index contributed by atoms with van der Waals surface area (Å²) in [5, 5.41) is 0. The molecule has 0 saturated heterocycles. The molecule has 0 spiro atoms. The van der Waals surface area contributed by atoms with Gasteiger partial charge in [0.25, 0.3) is 5.91 Å². The van der Waals surface area contributed by atoms with Gasteiger partial charge in [0.2, 0.25) is 0 Å². The highest BCUT2D eigenvalue weighted by Crippen LogP contribution is 2.28. The Morgan fingerprint density at radius 1 is 1.38 bits per heavy atom. The third-order valence-electron chi connectivity index (χ3n) is 3.39. The number of hydrogen-bond donors (Lipinski definition) is 0. The number of halogens is 2. The first kappa shape index (κ1) is 17.7. The molecule has 8 heteroatoms. The van der Waals surface area contributed by atoms with E-state index in [1.54, 1.807) is 18.2 Å². The predicted molar refractivity (Wildman–Crippen MR) is 83.4 cm³/mol. The summed E-state index contributed by atoms with van der Waals surface area (Å²) in [6, 6.07) is 4.80. The van der Waals surface area contributed by atoms with E-state index in [9.17, 15) is 13.6 Å². The highest BCUT2D eigenvalue weighted by molar-refractivity contribution is 5.94. The summed E-state index contributed by atoms with van der Waals surface area (Å²) in [6.07, 6.45) is 2.46. The molecule has 24 heavy (non-hydrogen) atoms. The number of aromatic nitrogens is 2. The third kappa shape index (κ3) is 3.81. The molecule has 0 radical (unpaired) electrons. The molecule has 1 aromatic heterocycles. The van der Waals surface area contributed by atoms with Gasteiger partial charge in [-0.2, -0.15) is 8.78 Å². The van der Waals surface area contributed by atoms with Crippen molar-refractivity contribution in [2.75, 3.05) is 20.8 Å². The van der Waals surface area contributed by atoms with Crippen molar-refractivity contribution in [2.45, 2.75) is 20.0 Å². The standard InChI is InChI=1S/C16H19F2N3O3/c1-4-24-13-9-11(5-6-12(13)23-3)15(22)20(2)10-14-19-7-8-21(14)16(17)18/h5-9,16H,4,10H2,1-3H3. The Hall–Kier alpha value is -2.64. The Morgan fingerprint density at radius 2 is 2.12 bits per heavy atom. The van der Waals surface area contributed by atoms with Crippen LogP contribution in [0.5, 0.6) is 11.5 Å². The van der Waals surface area contributed by atoms with E-state index in [0.717, 1.165) is 4.57 Å². The van der Waals surface area contributed by atoms with Crippen molar-refractivity contribution in [3.05, 3.63) is 42.0 Å². The van der Waals surface area contributed by atoms with Crippen molar-refractivity contribution in [3.8, 4) is 11.5 Å². The first-order chi connectivity index (χ1) is 11.5. The zero-order valence-corrected chi connectivity index (χ0v) is 13.7. The molecule has 0 fully saturated rings. The molecule has 1 aromatic carbocycles. The number of carbonyl (C=O) groups is 1. The summed E-state index contributed by atoms with van der Waals surface area (Å²) >= 11 is 0. The summed E-state index contributed by atoms with van der Waals surface area (Å²) in [5.74, 6) is 0.749. The average molecular weight is 339 g/mol. The smallest absolute Gasteiger partial charge is 0.319 e. The van der Waals surface area contributed by atoms with Gasteiger partial charge in [-0.3, -0.25) is 9.36 Å². The van der Waals surface area contributed by atoms with E-state index in [0.29, 0.717) is 23.7 Å². The number of ether oxygens (including phenoxy) is 2. The van der Waals surface area contributed by atoms with Crippen LogP contribution in [-0.4, -0.2) is 41.1 Å². The summed E-state index contributed by atoms with van der Waals surface area (Å²) < 4.78 is 37.0. The number of imidazole rings is 1. The maximum Gasteiger partial charge on any atom is 0.319 e. The van der Waals surface area contributed by atoms with E-state index in [2.05, 4.69) is 4.98 Å². The van der Waals surface area contributed by atoms with Crippen molar-refractivity contribution < 1.29 is 23.0 Å². The second kappa shape index (κ2) is 7.76. The van der Waals surface area contributed by atoms with E-state index in [4.69, 9.17) is 9.47 Å². The van der Waals surface area contributed by atoms with Crippen molar-refractivity contribution in [1.82, 2.24) is 14.5 Å². The van der Waals surface area contributed by atoms with E-state index < -0.39 is 6.55 Å². The number of hydrogen-bond acceptors (Lipinski definition) is 4. The predicted octanol–water partition coefficient (Wildman–Crippen LogP) is 2.96. The second-order valence-electron chi connectivity index (χ2n) is 4.99. The largest absolute Gasteiger partial charge is 0.493 e. The molecule has 0 unspecified atom stereocenters. The average Bonchev–Trinajstić information content (AvgIpc) is 3.02. The zero-order valence-electron chi connectivity index (χ0n) is 13.7. The van der Waals surface area contributed by atoms with Gasteiger partial charge in [0.1, 0.15) is 5.82 Å². The van der Waals surface area contributed by atoms with Gasteiger partial charge < -0.3 is 14.4 Å². The fourth-order valence-corrected chi connectivity index (χ4v) is 2.23. The fourth-order valence-electron chi connectivity index (χ4n) is 2.23. The Morgan fingerprint density at radius 3 is 2.75 bits per heavy atom. The Bertz CT molecular complexity index is 704. The third-order valence-corrected chi connectivity index (χ3v) is 3.39. The monoisotopic (exact) mass is 339 g/mol. The van der Waals surface area contributed by atoms with Gasteiger partial charge in [0.15, 0.2) is 11.5 Å². The highest BCUT2D eigenvalue weighted by Gasteiger charge is 2.18. The number of carbonyl (C=O) groups excluding carboxylic acids is 1. The van der Waals surface area contributed by atoms with Crippen LogP contribution in [0, 0.1) is 0 Å². The maximum absolute atomic E-state index is 12.8. The van der Waals surface area contributed by atoms with Gasteiger partial charge in [-0.25, -0.2) is 4.98 Å². The molecule has 2 aromatic rings. The first-order valence-electron chi connectivity index (χ1n) is 7.34. The summed E-state index contributed by atoms with van der Waals surface area (Å²) in [7, 11) is 3.03. The minimum atomic E-state index is -2.70. The van der Waals surface area contributed by atoms with Gasteiger partial charge in [-0.1, -0.05) is 0 Å². The molecule has 1 heterocycles. The van der Waals surface area contributed by atoms with Crippen LogP contribution in [-0.2, 0) is 6.54 Å². The van der Waals surface area contributed by atoms with Gasteiger partial charge >= 0.3 is 6.55 Å². The van der Waals surface area contributed by atoms with Crippen molar-refractivity contribution >= 4 is 5.91 Å². The van der Waals surface area contributed by atoms with Gasteiger partial charge in [-0.05, 0) is 25.1 Å². The molecular weight excluding hydrogens is 320 g/mol. The number of amides is 1. The molecule has 0 aliphatic carbocycles. The van der Waals surface area contributed by atoms with Crippen LogP contribution in [0.15, 0.2) is 30.6 Å². The van der Waals surface area contributed by atoms with E-state index in [-0.39, 0.29) is 18.3 Å². The van der Waals surface area contributed by atoms with Crippen LogP contribution in [0.1, 0.15) is 29.7 Å². The normalized spacial score (nSPS) is 10.8. The van der Waals surface area contributed by atoms with Crippen LogP contribution in [0.3, 0.4) is 0 Å². The topological polar surface area (TPSA) is 56.6 Å². The molecule has 0 aliphatic rings.